The van der Waals surface area contributed by atoms with Gasteiger partial charge in [-0.05, 0) is 55.2 Å². The molecule has 0 spiro atoms. The number of rotatable bonds is 5. The first kappa shape index (κ1) is 13.2. The van der Waals surface area contributed by atoms with E-state index in [1.807, 2.05) is 30.3 Å². The van der Waals surface area contributed by atoms with E-state index in [4.69, 9.17) is 4.74 Å². The lowest BCUT2D eigenvalue weighted by Gasteiger charge is -2.07. The number of sulfone groups is 1. The van der Waals surface area contributed by atoms with Gasteiger partial charge >= 0.3 is 0 Å². The van der Waals surface area contributed by atoms with E-state index in [9.17, 15) is 8.42 Å². The Labute approximate surface area is 119 Å². The van der Waals surface area contributed by atoms with Gasteiger partial charge in [0.25, 0.3) is 0 Å². The van der Waals surface area contributed by atoms with Crippen LogP contribution >= 0.6 is 0 Å². The Bertz CT molecular complexity index is 671. The van der Waals surface area contributed by atoms with Crippen molar-refractivity contribution in [2.24, 2.45) is 5.92 Å². The molecular formula is C16H16O3S. The Kier molecular flexibility index (Phi) is 3.49. The third-order valence-electron chi connectivity index (χ3n) is 3.31. The van der Waals surface area contributed by atoms with E-state index in [0.717, 1.165) is 18.6 Å². The van der Waals surface area contributed by atoms with Gasteiger partial charge in [-0.25, -0.2) is 8.42 Å². The molecule has 0 atom stereocenters. The SMILES string of the molecule is O=S(=O)(CC1CC1)c1ccc(Oc2ccccc2)cc1. The topological polar surface area (TPSA) is 43.4 Å². The summed E-state index contributed by atoms with van der Waals surface area (Å²) in [4.78, 5) is 0.379. The minimum Gasteiger partial charge on any atom is -0.457 e. The highest BCUT2D eigenvalue weighted by Crippen LogP contribution is 2.32. The molecular weight excluding hydrogens is 272 g/mol. The van der Waals surface area contributed by atoms with E-state index in [0.29, 0.717) is 16.6 Å². The van der Waals surface area contributed by atoms with Crippen LogP contribution in [0.3, 0.4) is 0 Å². The molecule has 0 radical (unpaired) electrons. The van der Waals surface area contributed by atoms with Crippen LogP contribution in [0.15, 0.2) is 59.5 Å². The van der Waals surface area contributed by atoms with Crippen molar-refractivity contribution in [3.8, 4) is 11.5 Å². The van der Waals surface area contributed by atoms with Gasteiger partial charge in [0.2, 0.25) is 0 Å². The van der Waals surface area contributed by atoms with Gasteiger partial charge in [0.15, 0.2) is 9.84 Å². The normalized spacial score (nSPS) is 15.0. The van der Waals surface area contributed by atoms with Crippen LogP contribution in [0.25, 0.3) is 0 Å². The molecule has 2 aromatic rings. The molecule has 0 aliphatic heterocycles. The molecule has 0 aromatic heterocycles. The Balaban J connectivity index is 1.74. The van der Waals surface area contributed by atoms with Gasteiger partial charge in [-0.1, -0.05) is 18.2 Å². The number of ether oxygens (including phenoxy) is 1. The molecule has 0 N–H and O–H groups in total. The van der Waals surface area contributed by atoms with Crippen molar-refractivity contribution in [1.29, 1.82) is 0 Å². The smallest absolute Gasteiger partial charge is 0.178 e. The third kappa shape index (κ3) is 3.20. The Morgan fingerprint density at radius 2 is 1.50 bits per heavy atom. The average Bonchev–Trinajstić information content (AvgIpc) is 3.24. The Hall–Kier alpha value is -1.81. The highest BCUT2D eigenvalue weighted by Gasteiger charge is 2.28. The van der Waals surface area contributed by atoms with Crippen LogP contribution in [0.2, 0.25) is 0 Å². The Morgan fingerprint density at radius 3 is 2.10 bits per heavy atom. The fourth-order valence-corrected chi connectivity index (χ4v) is 3.73. The molecule has 1 saturated carbocycles. The van der Waals surface area contributed by atoms with Crippen molar-refractivity contribution in [2.75, 3.05) is 5.75 Å². The molecule has 1 fully saturated rings. The van der Waals surface area contributed by atoms with E-state index in [-0.39, 0.29) is 5.75 Å². The lowest BCUT2D eigenvalue weighted by atomic mass is 10.3. The van der Waals surface area contributed by atoms with E-state index >= 15 is 0 Å². The summed E-state index contributed by atoms with van der Waals surface area (Å²) in [6, 6.07) is 16.1. The summed E-state index contributed by atoms with van der Waals surface area (Å²) in [7, 11) is -3.14. The van der Waals surface area contributed by atoms with Gasteiger partial charge < -0.3 is 4.74 Å². The van der Waals surface area contributed by atoms with Crippen LogP contribution in [0.4, 0.5) is 0 Å². The summed E-state index contributed by atoms with van der Waals surface area (Å²) in [5, 5.41) is 0. The summed E-state index contributed by atoms with van der Waals surface area (Å²) in [5.41, 5.74) is 0. The fraction of sp³-hybridized carbons (Fsp3) is 0.250. The van der Waals surface area contributed by atoms with Crippen molar-refractivity contribution in [2.45, 2.75) is 17.7 Å². The molecule has 3 rings (SSSR count). The molecule has 0 heterocycles. The van der Waals surface area contributed by atoms with Crippen LogP contribution in [0.5, 0.6) is 11.5 Å². The van der Waals surface area contributed by atoms with E-state index in [2.05, 4.69) is 0 Å². The van der Waals surface area contributed by atoms with Crippen LogP contribution in [-0.4, -0.2) is 14.2 Å². The van der Waals surface area contributed by atoms with Crippen LogP contribution in [-0.2, 0) is 9.84 Å². The predicted octanol–water partition coefficient (Wildman–Crippen LogP) is 3.66. The molecule has 1 aliphatic rings. The van der Waals surface area contributed by atoms with E-state index in [1.165, 1.54) is 0 Å². The predicted molar refractivity (Wildman–Crippen MR) is 77.7 cm³/mol. The van der Waals surface area contributed by atoms with Crippen molar-refractivity contribution in [3.63, 3.8) is 0 Å². The summed E-state index contributed by atoms with van der Waals surface area (Å²) >= 11 is 0. The number of hydrogen-bond acceptors (Lipinski definition) is 3. The standard InChI is InChI=1S/C16H16O3S/c17-20(18,12-13-6-7-13)16-10-8-15(9-11-16)19-14-4-2-1-3-5-14/h1-5,8-11,13H,6-7,12H2. The van der Waals surface area contributed by atoms with E-state index < -0.39 is 9.84 Å². The zero-order valence-corrected chi connectivity index (χ0v) is 11.8. The molecule has 4 heteroatoms. The second kappa shape index (κ2) is 5.29. The highest BCUT2D eigenvalue weighted by atomic mass is 32.2. The van der Waals surface area contributed by atoms with Gasteiger partial charge in [0, 0.05) is 0 Å². The zero-order chi connectivity index (χ0) is 14.0. The minimum absolute atomic E-state index is 0.270. The highest BCUT2D eigenvalue weighted by molar-refractivity contribution is 7.91. The van der Waals surface area contributed by atoms with Crippen LogP contribution in [0, 0.1) is 5.92 Å². The monoisotopic (exact) mass is 288 g/mol. The van der Waals surface area contributed by atoms with Crippen molar-refractivity contribution >= 4 is 9.84 Å². The maximum atomic E-state index is 12.1. The summed E-state index contributed by atoms with van der Waals surface area (Å²) in [6.07, 6.45) is 2.07. The quantitative estimate of drug-likeness (QED) is 0.843. The first-order chi connectivity index (χ1) is 9.63. The molecule has 0 bridgehead atoms. The summed E-state index contributed by atoms with van der Waals surface area (Å²) in [5.74, 6) is 2.01. The molecule has 0 saturated heterocycles. The molecule has 104 valence electrons. The summed E-state index contributed by atoms with van der Waals surface area (Å²) < 4.78 is 29.9. The lowest BCUT2D eigenvalue weighted by molar-refractivity contribution is 0.482. The molecule has 0 amide bonds. The van der Waals surface area contributed by atoms with Crippen LogP contribution < -0.4 is 4.74 Å². The first-order valence-corrected chi connectivity index (χ1v) is 8.34. The Morgan fingerprint density at radius 1 is 0.900 bits per heavy atom. The van der Waals surface area contributed by atoms with Crippen molar-refractivity contribution in [1.82, 2.24) is 0 Å². The van der Waals surface area contributed by atoms with E-state index in [1.54, 1.807) is 24.3 Å². The van der Waals surface area contributed by atoms with Gasteiger partial charge in [0.05, 0.1) is 10.6 Å². The molecule has 20 heavy (non-hydrogen) atoms. The largest absolute Gasteiger partial charge is 0.457 e. The summed E-state index contributed by atoms with van der Waals surface area (Å²) in [6.45, 7) is 0. The maximum absolute atomic E-state index is 12.1. The fourth-order valence-electron chi connectivity index (χ4n) is 2.03. The van der Waals surface area contributed by atoms with Gasteiger partial charge in [-0.15, -0.1) is 0 Å². The minimum atomic E-state index is -3.14. The number of benzene rings is 2. The first-order valence-electron chi connectivity index (χ1n) is 6.69. The second-order valence-electron chi connectivity index (χ2n) is 5.11. The molecule has 1 aliphatic carbocycles. The number of para-hydroxylation sites is 1. The second-order valence-corrected chi connectivity index (χ2v) is 7.15. The zero-order valence-electron chi connectivity index (χ0n) is 11.0. The maximum Gasteiger partial charge on any atom is 0.178 e. The third-order valence-corrected chi connectivity index (χ3v) is 5.21. The average molecular weight is 288 g/mol. The van der Waals surface area contributed by atoms with Gasteiger partial charge in [-0.3, -0.25) is 0 Å². The lowest BCUT2D eigenvalue weighted by Crippen LogP contribution is -2.08. The van der Waals surface area contributed by atoms with Crippen molar-refractivity contribution < 1.29 is 13.2 Å². The van der Waals surface area contributed by atoms with Gasteiger partial charge in [-0.2, -0.15) is 0 Å². The van der Waals surface area contributed by atoms with Gasteiger partial charge in [0.1, 0.15) is 11.5 Å². The van der Waals surface area contributed by atoms with Crippen LogP contribution in [0.1, 0.15) is 12.8 Å². The molecule has 2 aromatic carbocycles. The molecule has 3 nitrogen and oxygen atoms in total. The van der Waals surface area contributed by atoms with Crippen molar-refractivity contribution in [3.05, 3.63) is 54.6 Å². The number of hydrogen-bond donors (Lipinski definition) is 0. The molecule has 0 unspecified atom stereocenters.